The molecule has 1 N–H and O–H groups in total. The van der Waals surface area contributed by atoms with Gasteiger partial charge in [-0.15, -0.1) is 0 Å². The zero-order chi connectivity index (χ0) is 17.3. The third-order valence-corrected chi connectivity index (χ3v) is 5.75. The average Bonchev–Trinajstić information content (AvgIpc) is 3.22. The molecule has 4 rings (SSSR count). The van der Waals surface area contributed by atoms with E-state index in [1.165, 1.54) is 5.56 Å². The molecule has 2 aliphatic heterocycles. The molecule has 0 aromatic carbocycles. The van der Waals surface area contributed by atoms with Gasteiger partial charge < -0.3 is 9.73 Å². The lowest BCUT2D eigenvalue weighted by atomic mass is 9.74. The highest BCUT2D eigenvalue weighted by Gasteiger charge is 2.48. The number of likely N-dealkylation sites (tertiary alicyclic amines) is 1. The van der Waals surface area contributed by atoms with Crippen LogP contribution < -0.4 is 5.32 Å². The first-order chi connectivity index (χ1) is 12.2. The summed E-state index contributed by atoms with van der Waals surface area (Å²) in [5, 5.41) is 3.31. The van der Waals surface area contributed by atoms with E-state index >= 15 is 0 Å². The summed E-state index contributed by atoms with van der Waals surface area (Å²) in [6.45, 7) is 4.91. The lowest BCUT2D eigenvalue weighted by molar-refractivity contribution is -0.120. The normalized spacial score (nSPS) is 23.1. The number of hydrogen-bond donors (Lipinski definition) is 1. The van der Waals surface area contributed by atoms with E-state index in [2.05, 4.69) is 34.3 Å². The zero-order valence-corrected chi connectivity index (χ0v) is 14.7. The predicted octanol–water partition coefficient (Wildman–Crippen LogP) is 2.88. The topological polar surface area (TPSA) is 58.4 Å². The average molecular weight is 339 g/mol. The first kappa shape index (κ1) is 16.3. The maximum absolute atomic E-state index is 12.2. The van der Waals surface area contributed by atoms with Crippen molar-refractivity contribution in [2.45, 2.75) is 50.6 Å². The molecule has 2 fully saturated rings. The van der Waals surface area contributed by atoms with Gasteiger partial charge in [-0.1, -0.05) is 6.92 Å². The van der Waals surface area contributed by atoms with Gasteiger partial charge in [-0.25, -0.2) is 0 Å². The molecule has 4 heterocycles. The molecule has 132 valence electrons. The smallest absolute Gasteiger partial charge is 0.221 e. The number of amides is 1. The number of hydrogen-bond acceptors (Lipinski definition) is 4. The minimum atomic E-state index is -0.104. The molecule has 0 saturated carbocycles. The maximum Gasteiger partial charge on any atom is 0.221 e. The molecule has 2 aliphatic rings. The van der Waals surface area contributed by atoms with E-state index in [-0.39, 0.29) is 17.4 Å². The van der Waals surface area contributed by atoms with Crippen molar-refractivity contribution >= 4 is 5.91 Å². The second-order valence-electron chi connectivity index (χ2n) is 7.24. The summed E-state index contributed by atoms with van der Waals surface area (Å²) < 4.78 is 5.84. The fourth-order valence-corrected chi connectivity index (χ4v) is 4.33. The Balaban J connectivity index is 1.45. The van der Waals surface area contributed by atoms with Gasteiger partial charge in [0.15, 0.2) is 0 Å². The monoisotopic (exact) mass is 339 g/mol. The third kappa shape index (κ3) is 3.21. The number of piperidine rings is 1. The van der Waals surface area contributed by atoms with E-state index < -0.39 is 0 Å². The highest BCUT2D eigenvalue weighted by Crippen LogP contribution is 2.43. The number of pyridine rings is 1. The van der Waals surface area contributed by atoms with Crippen LogP contribution >= 0.6 is 0 Å². The number of nitrogens with zero attached hydrogens (tertiary/aromatic N) is 2. The van der Waals surface area contributed by atoms with Crippen LogP contribution in [0.2, 0.25) is 0 Å². The molecule has 25 heavy (non-hydrogen) atoms. The SMILES string of the molecule is CCc1ccc(CN2CCC3(CC2)NC(=O)C[C@H]3c2ccncc2)o1. The molecule has 2 aromatic rings. The van der Waals surface area contributed by atoms with Gasteiger partial charge in [0.1, 0.15) is 11.5 Å². The molecule has 2 aromatic heterocycles. The van der Waals surface area contributed by atoms with Crippen LogP contribution in [0.4, 0.5) is 0 Å². The second kappa shape index (κ2) is 6.64. The number of nitrogens with one attached hydrogen (secondary N) is 1. The van der Waals surface area contributed by atoms with Crippen molar-refractivity contribution in [1.82, 2.24) is 15.2 Å². The summed E-state index contributed by atoms with van der Waals surface area (Å²) >= 11 is 0. The van der Waals surface area contributed by atoms with E-state index in [1.54, 1.807) is 0 Å². The highest BCUT2D eigenvalue weighted by atomic mass is 16.3. The number of aromatic nitrogens is 1. The van der Waals surface area contributed by atoms with Crippen molar-refractivity contribution in [2.24, 2.45) is 0 Å². The summed E-state index contributed by atoms with van der Waals surface area (Å²) in [7, 11) is 0. The number of carbonyl (C=O) groups is 1. The van der Waals surface area contributed by atoms with Crippen molar-refractivity contribution in [3.63, 3.8) is 0 Å². The molecule has 0 bridgehead atoms. The van der Waals surface area contributed by atoms with E-state index in [0.717, 1.165) is 50.4 Å². The molecule has 2 saturated heterocycles. The van der Waals surface area contributed by atoms with Gasteiger partial charge in [-0.05, 0) is 42.7 Å². The Morgan fingerprint density at radius 1 is 1.20 bits per heavy atom. The van der Waals surface area contributed by atoms with E-state index in [1.807, 2.05) is 24.5 Å². The van der Waals surface area contributed by atoms with Gasteiger partial charge in [0, 0.05) is 49.8 Å². The van der Waals surface area contributed by atoms with Crippen molar-refractivity contribution in [3.05, 3.63) is 53.7 Å². The Bertz CT molecular complexity index is 732. The van der Waals surface area contributed by atoms with Gasteiger partial charge in [-0.3, -0.25) is 14.7 Å². The fourth-order valence-electron chi connectivity index (χ4n) is 4.33. The summed E-state index contributed by atoms with van der Waals surface area (Å²) in [6.07, 6.45) is 7.12. The summed E-state index contributed by atoms with van der Waals surface area (Å²) in [6, 6.07) is 8.25. The summed E-state index contributed by atoms with van der Waals surface area (Å²) in [4.78, 5) is 18.7. The zero-order valence-electron chi connectivity index (χ0n) is 14.7. The second-order valence-corrected chi connectivity index (χ2v) is 7.24. The van der Waals surface area contributed by atoms with Crippen molar-refractivity contribution in [3.8, 4) is 0 Å². The van der Waals surface area contributed by atoms with Crippen LogP contribution in [-0.2, 0) is 17.8 Å². The first-order valence-corrected chi connectivity index (χ1v) is 9.19. The first-order valence-electron chi connectivity index (χ1n) is 9.19. The fraction of sp³-hybridized carbons (Fsp3) is 0.500. The maximum atomic E-state index is 12.2. The van der Waals surface area contributed by atoms with Crippen LogP contribution in [0, 0.1) is 0 Å². The van der Waals surface area contributed by atoms with Crippen molar-refractivity contribution in [2.75, 3.05) is 13.1 Å². The summed E-state index contributed by atoms with van der Waals surface area (Å²) in [5.74, 6) is 2.51. The molecule has 1 amide bonds. The van der Waals surface area contributed by atoms with Crippen LogP contribution in [0.25, 0.3) is 0 Å². The van der Waals surface area contributed by atoms with Gasteiger partial charge in [-0.2, -0.15) is 0 Å². The lowest BCUT2D eigenvalue weighted by Gasteiger charge is -2.42. The third-order valence-electron chi connectivity index (χ3n) is 5.75. The highest BCUT2D eigenvalue weighted by molar-refractivity contribution is 5.81. The van der Waals surface area contributed by atoms with Crippen LogP contribution in [0.1, 0.15) is 49.2 Å². The van der Waals surface area contributed by atoms with Gasteiger partial charge in [0.2, 0.25) is 5.91 Å². The van der Waals surface area contributed by atoms with Gasteiger partial charge >= 0.3 is 0 Å². The number of rotatable bonds is 4. The van der Waals surface area contributed by atoms with E-state index in [4.69, 9.17) is 4.42 Å². The number of furan rings is 1. The Labute approximate surface area is 148 Å². The Kier molecular flexibility index (Phi) is 4.34. The largest absolute Gasteiger partial charge is 0.465 e. The molecule has 0 aliphatic carbocycles. The van der Waals surface area contributed by atoms with Gasteiger partial charge in [0.05, 0.1) is 6.54 Å². The molecular weight excluding hydrogens is 314 g/mol. The minimum Gasteiger partial charge on any atom is -0.465 e. The predicted molar refractivity (Wildman–Crippen MR) is 95.1 cm³/mol. The molecular formula is C20H25N3O2. The Morgan fingerprint density at radius 2 is 1.92 bits per heavy atom. The van der Waals surface area contributed by atoms with Crippen LogP contribution in [-0.4, -0.2) is 34.4 Å². The van der Waals surface area contributed by atoms with Crippen LogP contribution in [0.3, 0.4) is 0 Å². The van der Waals surface area contributed by atoms with Crippen molar-refractivity contribution < 1.29 is 9.21 Å². The number of carbonyl (C=O) groups excluding carboxylic acids is 1. The minimum absolute atomic E-state index is 0.104. The quantitative estimate of drug-likeness (QED) is 0.930. The molecule has 0 radical (unpaired) electrons. The van der Waals surface area contributed by atoms with Crippen LogP contribution in [0.5, 0.6) is 0 Å². The summed E-state index contributed by atoms with van der Waals surface area (Å²) in [5.41, 5.74) is 1.12. The molecule has 5 heteroatoms. The van der Waals surface area contributed by atoms with E-state index in [0.29, 0.717) is 6.42 Å². The molecule has 1 atom stereocenters. The Morgan fingerprint density at radius 3 is 2.60 bits per heavy atom. The van der Waals surface area contributed by atoms with E-state index in [9.17, 15) is 4.79 Å². The van der Waals surface area contributed by atoms with Crippen LogP contribution in [0.15, 0.2) is 41.1 Å². The molecule has 0 unspecified atom stereocenters. The number of aryl methyl sites for hydroxylation is 1. The van der Waals surface area contributed by atoms with Crippen molar-refractivity contribution in [1.29, 1.82) is 0 Å². The van der Waals surface area contributed by atoms with Gasteiger partial charge in [0.25, 0.3) is 0 Å². The Hall–Kier alpha value is -2.14. The lowest BCUT2D eigenvalue weighted by Crippen LogP contribution is -2.53. The standard InChI is InChI=1S/C20H25N3O2/c1-2-16-3-4-17(25-16)14-23-11-7-20(8-12-23)18(13-19(24)22-20)15-5-9-21-10-6-15/h3-6,9-10,18H,2,7-8,11-14H2,1H3,(H,22,24)/t18-/m0/s1. The molecule has 1 spiro atoms. The molecule has 5 nitrogen and oxygen atoms in total.